The van der Waals surface area contributed by atoms with Crippen molar-refractivity contribution in [3.63, 3.8) is 0 Å². The highest BCUT2D eigenvalue weighted by atomic mass is 32.2. The summed E-state index contributed by atoms with van der Waals surface area (Å²) in [4.78, 5) is 79.3. The van der Waals surface area contributed by atoms with E-state index in [0.29, 0.717) is 34.5 Å². The molecule has 17 heteroatoms. The highest BCUT2D eigenvalue weighted by molar-refractivity contribution is 7.89. The zero-order chi connectivity index (χ0) is 46.4. The largest absolute Gasteiger partial charge is 0.383 e. The molecule has 2 bridgehead atoms. The van der Waals surface area contributed by atoms with Gasteiger partial charge in [0, 0.05) is 72.1 Å². The Hall–Kier alpha value is -6.37. The Morgan fingerprint density at radius 1 is 0.742 bits per heavy atom. The quantitative estimate of drug-likeness (QED) is 0.0899. The molecule has 5 aliphatic rings. The van der Waals surface area contributed by atoms with Crippen molar-refractivity contribution in [1.82, 2.24) is 30.1 Å². The number of nitrogens with one attached hydrogen (secondary N) is 4. The number of sulfonamides is 1. The third-order valence-electron chi connectivity index (χ3n) is 13.1. The lowest BCUT2D eigenvalue weighted by Gasteiger charge is -2.38. The lowest BCUT2D eigenvalue weighted by Crippen LogP contribution is -2.54. The van der Waals surface area contributed by atoms with Gasteiger partial charge in [0.25, 0.3) is 23.6 Å². The Morgan fingerprint density at radius 3 is 1.95 bits per heavy atom. The van der Waals surface area contributed by atoms with Crippen LogP contribution in [-0.2, 0) is 19.6 Å². The molecule has 5 heterocycles. The van der Waals surface area contributed by atoms with E-state index in [0.717, 1.165) is 69.5 Å². The molecule has 0 aliphatic carbocycles. The summed E-state index contributed by atoms with van der Waals surface area (Å²) in [5.74, 6) is 9.19. The first-order valence-corrected chi connectivity index (χ1v) is 24.3. The van der Waals surface area contributed by atoms with E-state index < -0.39 is 39.7 Å². The second-order valence-electron chi connectivity index (χ2n) is 17.6. The number of amides is 6. The van der Waals surface area contributed by atoms with Crippen molar-refractivity contribution in [1.29, 1.82) is 0 Å². The van der Waals surface area contributed by atoms with Crippen LogP contribution in [0.5, 0.6) is 0 Å². The number of hydrogen-bond acceptors (Lipinski definition) is 11. The molecule has 8 rings (SSSR count). The van der Waals surface area contributed by atoms with Gasteiger partial charge in [-0.1, -0.05) is 17.9 Å². The molecule has 66 heavy (non-hydrogen) atoms. The molecule has 4 fully saturated rings. The molecular weight excluding hydrogens is 861 g/mol. The normalized spacial score (nSPS) is 22.1. The SMILES string of the molecule is NC1C[C@H]2CC[C@@H](C1)N2S(=O)(=O)CC1CCN(CCCNC(=O)c2ccc(C#CC#Cc3ccc(C(=O)NCCNc4cccc5c4C(=O)N(C4CCC(=O)NC4=O)C5=O)cc3)cc2)CC1. The molecule has 3 aromatic carbocycles. The van der Waals surface area contributed by atoms with Crippen LogP contribution in [0.4, 0.5) is 5.69 Å². The van der Waals surface area contributed by atoms with Gasteiger partial charge in [0.1, 0.15) is 6.04 Å². The van der Waals surface area contributed by atoms with E-state index in [1.165, 1.54) is 6.07 Å². The fourth-order valence-electron chi connectivity index (χ4n) is 9.75. The number of anilines is 1. The van der Waals surface area contributed by atoms with E-state index in [1.54, 1.807) is 60.7 Å². The van der Waals surface area contributed by atoms with E-state index in [4.69, 9.17) is 5.73 Å². The van der Waals surface area contributed by atoms with Crippen molar-refractivity contribution < 1.29 is 37.2 Å². The second-order valence-corrected chi connectivity index (χ2v) is 19.6. The van der Waals surface area contributed by atoms with Gasteiger partial charge in [-0.3, -0.25) is 39.0 Å². The van der Waals surface area contributed by atoms with Crippen LogP contribution in [0.3, 0.4) is 0 Å². The number of imide groups is 2. The fourth-order valence-corrected chi connectivity index (χ4v) is 12.1. The number of benzene rings is 3. The topological polar surface area (TPSA) is 220 Å². The molecule has 5 aliphatic heterocycles. The minimum Gasteiger partial charge on any atom is -0.383 e. The number of carbonyl (C=O) groups is 6. The van der Waals surface area contributed by atoms with Gasteiger partial charge in [-0.05, 0) is 149 Å². The standard InChI is InChI=1S/C49H54N8O8S/c50-37-29-38-17-18-39(30-37)57(38)66(64,65)31-34-21-27-55(28-22-34)26-4-23-52-45(59)35-13-9-32(10-14-35)5-1-2-6-33-11-15-36(16-12-33)46(60)53-25-24-51-41-8-3-7-40-44(41)49(63)56(48(40)62)42-19-20-43(58)54-47(42)61/h3,7-16,34,37-39,42,51H,4,17-31,50H2,(H,52,59)(H,53,60)(H,54,58,61)/t37?,38-,39+,42?. The molecule has 6 amide bonds. The summed E-state index contributed by atoms with van der Waals surface area (Å²) in [6, 6.07) is 17.7. The van der Waals surface area contributed by atoms with Gasteiger partial charge in [-0.25, -0.2) is 8.42 Å². The third kappa shape index (κ3) is 10.7. The van der Waals surface area contributed by atoms with Crippen LogP contribution < -0.4 is 27.0 Å². The van der Waals surface area contributed by atoms with Crippen molar-refractivity contribution in [2.24, 2.45) is 11.7 Å². The highest BCUT2D eigenvalue weighted by Gasteiger charge is 2.47. The lowest BCUT2D eigenvalue weighted by atomic mass is 9.99. The van der Waals surface area contributed by atoms with Crippen molar-refractivity contribution in [3.8, 4) is 23.7 Å². The van der Waals surface area contributed by atoms with E-state index >= 15 is 0 Å². The number of nitrogens with two attached hydrogens (primary N) is 1. The zero-order valence-electron chi connectivity index (χ0n) is 36.6. The highest BCUT2D eigenvalue weighted by Crippen LogP contribution is 2.38. The molecule has 0 radical (unpaired) electrons. The van der Waals surface area contributed by atoms with E-state index in [2.05, 4.69) is 49.8 Å². The van der Waals surface area contributed by atoms with Crippen molar-refractivity contribution >= 4 is 51.2 Å². The number of hydrogen-bond donors (Lipinski definition) is 5. The number of carbonyl (C=O) groups excluding carboxylic acids is 6. The van der Waals surface area contributed by atoms with Gasteiger partial charge in [-0.15, -0.1) is 0 Å². The molecule has 344 valence electrons. The molecule has 16 nitrogen and oxygen atoms in total. The van der Waals surface area contributed by atoms with E-state index in [9.17, 15) is 37.2 Å². The molecule has 0 aromatic heterocycles. The average molecular weight is 915 g/mol. The Labute approximate surface area is 384 Å². The maximum absolute atomic E-state index is 13.3. The first kappa shape index (κ1) is 46.2. The van der Waals surface area contributed by atoms with Crippen molar-refractivity contribution in [3.05, 3.63) is 100 Å². The summed E-state index contributed by atoms with van der Waals surface area (Å²) < 4.78 is 28.5. The third-order valence-corrected chi connectivity index (χ3v) is 15.2. The van der Waals surface area contributed by atoms with Crippen LogP contribution >= 0.6 is 0 Å². The molecule has 0 spiro atoms. The monoisotopic (exact) mass is 914 g/mol. The van der Waals surface area contributed by atoms with Crippen LogP contribution in [0, 0.1) is 29.6 Å². The van der Waals surface area contributed by atoms with Crippen molar-refractivity contribution in [2.45, 2.75) is 82.0 Å². The van der Waals surface area contributed by atoms with Crippen LogP contribution in [0.1, 0.15) is 110 Å². The minimum absolute atomic E-state index is 0.0305. The van der Waals surface area contributed by atoms with Crippen LogP contribution in [0.2, 0.25) is 0 Å². The summed E-state index contributed by atoms with van der Waals surface area (Å²) in [6.45, 7) is 3.56. The first-order valence-electron chi connectivity index (χ1n) is 22.7. The lowest BCUT2D eigenvalue weighted by molar-refractivity contribution is -0.136. The van der Waals surface area contributed by atoms with Crippen molar-refractivity contribution in [2.75, 3.05) is 50.3 Å². The molecule has 0 saturated carbocycles. The van der Waals surface area contributed by atoms with Gasteiger partial charge >= 0.3 is 0 Å². The van der Waals surface area contributed by atoms with Gasteiger partial charge in [0.15, 0.2) is 0 Å². The number of likely N-dealkylation sites (tertiary alicyclic amines) is 1. The van der Waals surface area contributed by atoms with Gasteiger partial charge in [0.2, 0.25) is 21.8 Å². The number of rotatable bonds is 14. The Kier molecular flexibility index (Phi) is 14.3. The summed E-state index contributed by atoms with van der Waals surface area (Å²) in [7, 11) is -3.29. The fraction of sp³-hybridized carbons (Fsp3) is 0.429. The predicted octanol–water partition coefficient (Wildman–Crippen LogP) is 2.45. The van der Waals surface area contributed by atoms with Crippen LogP contribution in [0.25, 0.3) is 0 Å². The summed E-state index contributed by atoms with van der Waals surface area (Å²) in [5, 5.41) is 11.1. The predicted molar refractivity (Wildman–Crippen MR) is 246 cm³/mol. The summed E-state index contributed by atoms with van der Waals surface area (Å²) >= 11 is 0. The maximum Gasteiger partial charge on any atom is 0.264 e. The second kappa shape index (κ2) is 20.4. The first-order chi connectivity index (χ1) is 31.8. The van der Waals surface area contributed by atoms with E-state index in [-0.39, 0.29) is 78.7 Å². The van der Waals surface area contributed by atoms with Gasteiger partial charge in [0.05, 0.1) is 16.9 Å². The molecule has 2 unspecified atom stereocenters. The number of piperidine rings is 3. The van der Waals surface area contributed by atoms with Gasteiger partial charge in [-0.2, -0.15) is 4.31 Å². The minimum atomic E-state index is -3.29. The Bertz CT molecular complexity index is 2610. The summed E-state index contributed by atoms with van der Waals surface area (Å²) in [6.07, 6.45) is 6.02. The Morgan fingerprint density at radius 2 is 1.35 bits per heavy atom. The molecular formula is C49H54N8O8S. The number of nitrogens with zero attached hydrogens (tertiary/aromatic N) is 3. The average Bonchev–Trinajstić information content (AvgIpc) is 3.75. The smallest absolute Gasteiger partial charge is 0.264 e. The zero-order valence-corrected chi connectivity index (χ0v) is 37.5. The van der Waals surface area contributed by atoms with Crippen LogP contribution in [0.15, 0.2) is 66.7 Å². The molecule has 6 N–H and O–H groups in total. The maximum atomic E-state index is 13.3. The Balaban J connectivity index is 0.714. The molecule has 4 atom stereocenters. The molecule has 4 saturated heterocycles. The van der Waals surface area contributed by atoms with Crippen LogP contribution in [-0.4, -0.2) is 127 Å². The van der Waals surface area contributed by atoms with Gasteiger partial charge < -0.3 is 26.6 Å². The molecule has 3 aromatic rings. The summed E-state index contributed by atoms with van der Waals surface area (Å²) in [5.41, 5.74) is 9.19. The van der Waals surface area contributed by atoms with E-state index in [1.807, 2.05) is 4.31 Å². The number of fused-ring (bicyclic) bond motifs is 3.